The number of fused-ring (bicyclic) bond motifs is 4. The van der Waals surface area contributed by atoms with Gasteiger partial charge in [0, 0.05) is 113 Å². The molecule has 15 heteroatoms. The fraction of sp³-hybridized carbons (Fsp3) is 0.529. The summed E-state index contributed by atoms with van der Waals surface area (Å²) in [6.45, 7) is 29.2. The van der Waals surface area contributed by atoms with Gasteiger partial charge in [-0.1, -0.05) is 121 Å². The van der Waals surface area contributed by atoms with Gasteiger partial charge in [-0.05, 0) is 227 Å². The minimum atomic E-state index is -1.82. The fourth-order valence-corrected chi connectivity index (χ4v) is 30.2. The third-order valence-corrected chi connectivity index (χ3v) is 34.4. The van der Waals surface area contributed by atoms with Crippen molar-refractivity contribution in [2.75, 3.05) is 0 Å². The topological polar surface area (TPSA) is 110 Å². The fourth-order valence-electron chi connectivity index (χ4n) is 15.7. The van der Waals surface area contributed by atoms with Crippen molar-refractivity contribution in [1.29, 1.82) is 0 Å². The largest absolute Gasteiger partial charge is 0.358 e. The van der Waals surface area contributed by atoms with Crippen LogP contribution in [0.3, 0.4) is 0 Å². The van der Waals surface area contributed by atoms with Crippen LogP contribution in [0.5, 0.6) is 0 Å². The van der Waals surface area contributed by atoms with Crippen molar-refractivity contribution in [2.24, 2.45) is 0 Å². The van der Waals surface area contributed by atoms with E-state index >= 15 is 0 Å². The number of pyridine rings is 4. The summed E-state index contributed by atoms with van der Waals surface area (Å²) >= 11 is 14.2. The van der Waals surface area contributed by atoms with Crippen molar-refractivity contribution >= 4 is 141 Å². The maximum atomic E-state index is 10.5. The minimum absolute atomic E-state index is 0.464. The molecule has 8 aromatic rings. The van der Waals surface area contributed by atoms with E-state index in [0.717, 1.165) is 60.3 Å². The molecule has 458 valence electrons. The molecule has 0 bridgehead atoms. The summed E-state index contributed by atoms with van der Waals surface area (Å²) in [5, 5.41) is 5.08. The second kappa shape index (κ2) is 30.7. The highest BCUT2D eigenvalue weighted by atomic mass is 79.9. The van der Waals surface area contributed by atoms with Gasteiger partial charge >= 0.3 is 0 Å². The molecule has 4 aliphatic carbocycles. The zero-order chi connectivity index (χ0) is 61.2. The van der Waals surface area contributed by atoms with Gasteiger partial charge in [0.15, 0.2) is 16.5 Å². The van der Waals surface area contributed by atoms with E-state index in [1.54, 1.807) is 11.8 Å². The van der Waals surface area contributed by atoms with Gasteiger partial charge in [0.1, 0.15) is 28.4 Å². The van der Waals surface area contributed by atoms with Crippen molar-refractivity contribution in [2.45, 2.75) is 238 Å². The number of carbonyl (C=O) groups excluding carboxylic acids is 1. The van der Waals surface area contributed by atoms with E-state index in [1.165, 1.54) is 140 Å². The lowest BCUT2D eigenvalue weighted by atomic mass is 9.84. The van der Waals surface area contributed by atoms with Gasteiger partial charge in [-0.25, -0.2) is 19.9 Å². The SMILES string of the molecule is Brc1cnc2[nH]cc(C3=CCCCC3)c2c1.Brc1cnc2[nH]ccc2c1.CC(C)[Si](C(C)C)(C(C)C)n1cc(C2=CCCCC2)c2cc(Br)cnc21.CC(C)[Si](C(C)C)(C(C)C)n1cc(C2CCCCC2)c2cc(Br)cnc21.O=C1CCCCC1. The van der Waals surface area contributed by atoms with E-state index in [4.69, 9.17) is 9.97 Å². The van der Waals surface area contributed by atoms with Gasteiger partial charge in [-0.15, -0.1) is 0 Å². The molecule has 9 nitrogen and oxygen atoms in total. The Morgan fingerprint density at radius 1 is 0.482 bits per heavy atom. The van der Waals surface area contributed by atoms with Crippen molar-refractivity contribution in [3.8, 4) is 0 Å². The van der Waals surface area contributed by atoms with Crippen LogP contribution in [0.25, 0.3) is 55.3 Å². The number of carbonyl (C=O) groups is 1. The smallest absolute Gasteiger partial charge is 0.171 e. The number of halogens is 4. The van der Waals surface area contributed by atoms with Crippen LogP contribution in [0, 0.1) is 0 Å². The molecule has 0 amide bonds. The van der Waals surface area contributed by atoms with Crippen LogP contribution in [0.4, 0.5) is 0 Å². The molecule has 8 aromatic heterocycles. The van der Waals surface area contributed by atoms with E-state index in [2.05, 4.69) is 224 Å². The zero-order valence-electron chi connectivity index (χ0n) is 53.0. The first-order valence-electron chi connectivity index (χ1n) is 32.2. The molecule has 0 saturated heterocycles. The first kappa shape index (κ1) is 67.2. The summed E-state index contributed by atoms with van der Waals surface area (Å²) in [5.41, 5.74) is 15.7. The van der Waals surface area contributed by atoms with Gasteiger partial charge in [0.25, 0.3) is 0 Å². The predicted octanol–water partition coefficient (Wildman–Crippen LogP) is 23.8. The summed E-state index contributed by atoms with van der Waals surface area (Å²) in [7, 11) is -3.61. The van der Waals surface area contributed by atoms with Crippen LogP contribution < -0.4 is 0 Å². The van der Waals surface area contributed by atoms with Crippen LogP contribution in [0.1, 0.15) is 221 Å². The van der Waals surface area contributed by atoms with E-state index in [9.17, 15) is 4.79 Å². The average Bonchev–Trinajstić information content (AvgIpc) is 2.16. The maximum absolute atomic E-state index is 10.5. The van der Waals surface area contributed by atoms with Gasteiger partial charge in [-0.3, -0.25) is 4.79 Å². The van der Waals surface area contributed by atoms with Crippen LogP contribution in [0.15, 0.2) is 110 Å². The first-order chi connectivity index (χ1) is 40.7. The molecular weight excluding hydrogens is 1340 g/mol. The second-order valence-electron chi connectivity index (χ2n) is 26.3. The Kier molecular flexibility index (Phi) is 24.2. The number of ketones is 1. The number of Topliss-reactive ketones (excluding diaryl/α,β-unsaturated/α-hetero) is 1. The number of nitrogens with one attached hydrogen (secondary N) is 2. The molecule has 8 heterocycles. The molecule has 0 aliphatic heterocycles. The Balaban J connectivity index is 0.000000148. The van der Waals surface area contributed by atoms with Crippen LogP contribution in [-0.4, -0.2) is 60.6 Å². The summed E-state index contributed by atoms with van der Waals surface area (Å²) < 4.78 is 9.60. The highest BCUT2D eigenvalue weighted by Gasteiger charge is 2.48. The number of hydrogen-bond donors (Lipinski definition) is 2. The lowest BCUT2D eigenvalue weighted by Gasteiger charge is -2.44. The summed E-state index contributed by atoms with van der Waals surface area (Å²) in [6.07, 6.45) is 43.5. The number of aromatic amines is 2. The molecule has 2 saturated carbocycles. The first-order valence-corrected chi connectivity index (χ1v) is 39.7. The number of H-pyrrole nitrogens is 2. The van der Waals surface area contributed by atoms with Gasteiger partial charge < -0.3 is 18.4 Å². The molecule has 0 spiro atoms. The molecule has 0 radical (unpaired) electrons. The number of aromatic nitrogens is 8. The zero-order valence-corrected chi connectivity index (χ0v) is 61.4. The van der Waals surface area contributed by atoms with Crippen molar-refractivity contribution in [3.63, 3.8) is 0 Å². The monoisotopic (exact) mass is 1440 g/mol. The van der Waals surface area contributed by atoms with Crippen molar-refractivity contribution < 1.29 is 4.79 Å². The van der Waals surface area contributed by atoms with Crippen LogP contribution in [-0.2, 0) is 4.79 Å². The van der Waals surface area contributed by atoms with E-state index in [0.29, 0.717) is 44.9 Å². The molecule has 4 aliphatic rings. The third kappa shape index (κ3) is 15.3. The van der Waals surface area contributed by atoms with Crippen molar-refractivity contribution in [3.05, 3.63) is 127 Å². The lowest BCUT2D eigenvalue weighted by Crippen LogP contribution is -2.51. The Morgan fingerprint density at radius 2 is 0.929 bits per heavy atom. The third-order valence-electron chi connectivity index (χ3n) is 19.2. The number of allylic oxidation sites excluding steroid dienone is 4. The van der Waals surface area contributed by atoms with E-state index in [-0.39, 0.29) is 0 Å². The van der Waals surface area contributed by atoms with Crippen LogP contribution >= 0.6 is 63.7 Å². The Morgan fingerprint density at radius 3 is 1.44 bits per heavy atom. The Hall–Kier alpha value is -3.74. The quantitative estimate of drug-likeness (QED) is 0.125. The van der Waals surface area contributed by atoms with Gasteiger partial charge in [-0.2, -0.15) is 0 Å². The number of nitrogens with zero attached hydrogens (tertiary/aromatic N) is 6. The minimum Gasteiger partial charge on any atom is -0.358 e. The molecule has 85 heavy (non-hydrogen) atoms. The Labute approximate surface area is 544 Å². The lowest BCUT2D eigenvalue weighted by molar-refractivity contribution is -0.120. The molecule has 12 rings (SSSR count). The van der Waals surface area contributed by atoms with E-state index in [1.807, 2.05) is 36.9 Å². The van der Waals surface area contributed by atoms with Gasteiger partial charge in [0.2, 0.25) is 0 Å². The molecule has 0 aromatic carbocycles. The summed E-state index contributed by atoms with van der Waals surface area (Å²) in [6, 6.07) is 10.8. The Bertz CT molecular complexity index is 3510. The standard InChI is InChI=1S/C22H35BrN2Si.C22H33BrN2Si.C13H13BrN2.C7H5BrN2.C6H10O/c2*1-15(2)26(16(3)4,17(5)6)25-14-21(18-10-8-7-9-11-18)20-12-19(23)13-24-22(20)25;14-10-6-11-12(8-16-13(11)15-7-10)9-4-2-1-3-5-9;8-6-3-5-1-2-9-7(5)10-4-6;7-6-4-2-1-3-5-6/h12-18H,7-11H2,1-6H3;10,12-17H,7-9,11H2,1-6H3;4,6-8H,1-3,5H2,(H,15,16);1-4H,(H,9,10);1-5H2. The molecule has 0 unspecified atom stereocenters. The second-order valence-corrected chi connectivity index (χ2v) is 41.4. The summed E-state index contributed by atoms with van der Waals surface area (Å²) in [4.78, 5) is 35.1. The summed E-state index contributed by atoms with van der Waals surface area (Å²) in [5.74, 6) is 1.17. The van der Waals surface area contributed by atoms with Crippen molar-refractivity contribution in [1.82, 2.24) is 38.4 Å². The number of hydrogen-bond acceptors (Lipinski definition) is 5. The molecular formula is C70H96Br4N8OSi2. The van der Waals surface area contributed by atoms with E-state index < -0.39 is 16.5 Å². The molecule has 2 N–H and O–H groups in total. The molecule has 2 fully saturated rings. The normalized spacial score (nSPS) is 16.4. The van der Waals surface area contributed by atoms with Crippen LogP contribution in [0.2, 0.25) is 33.2 Å². The van der Waals surface area contributed by atoms with Gasteiger partial charge in [0.05, 0.1) is 0 Å². The predicted molar refractivity (Wildman–Crippen MR) is 382 cm³/mol. The number of rotatable bonds is 11. The maximum Gasteiger partial charge on any atom is 0.171 e. The average molecular weight is 1440 g/mol. The highest BCUT2D eigenvalue weighted by Crippen LogP contribution is 2.48. The molecule has 0 atom stereocenters. The highest BCUT2D eigenvalue weighted by molar-refractivity contribution is 9.11.